The van der Waals surface area contributed by atoms with Crippen molar-refractivity contribution in [3.8, 4) is 0 Å². The highest BCUT2D eigenvalue weighted by Crippen LogP contribution is 2.21. The van der Waals surface area contributed by atoms with Crippen LogP contribution in [0.15, 0.2) is 22.7 Å². The third kappa shape index (κ3) is 3.52. The highest BCUT2D eigenvalue weighted by molar-refractivity contribution is 6.31. The molecule has 0 saturated carbocycles. The summed E-state index contributed by atoms with van der Waals surface area (Å²) >= 11 is 5.96. The molecule has 0 aliphatic rings. The third-order valence-electron chi connectivity index (χ3n) is 2.88. The molecule has 2 rings (SSSR count). The van der Waals surface area contributed by atoms with Gasteiger partial charge in [-0.15, -0.1) is 0 Å². The van der Waals surface area contributed by atoms with Gasteiger partial charge in [0.2, 0.25) is 5.89 Å². The van der Waals surface area contributed by atoms with E-state index in [1.165, 1.54) is 6.07 Å². The third-order valence-corrected chi connectivity index (χ3v) is 3.23. The lowest BCUT2D eigenvalue weighted by Crippen LogP contribution is -2.23. The summed E-state index contributed by atoms with van der Waals surface area (Å²) in [5, 5.41) is 7.29. The Morgan fingerprint density at radius 2 is 2.26 bits per heavy atom. The Morgan fingerprint density at radius 1 is 1.47 bits per heavy atom. The van der Waals surface area contributed by atoms with Gasteiger partial charge in [0.05, 0.1) is 0 Å². The Bertz CT molecular complexity index is 538. The van der Waals surface area contributed by atoms with Crippen molar-refractivity contribution < 1.29 is 8.91 Å². The highest BCUT2D eigenvalue weighted by Gasteiger charge is 2.13. The van der Waals surface area contributed by atoms with Gasteiger partial charge in [0.15, 0.2) is 5.82 Å². The van der Waals surface area contributed by atoms with Crippen LogP contribution in [0.25, 0.3) is 0 Å². The minimum absolute atomic E-state index is 0.225. The first-order valence-corrected chi connectivity index (χ1v) is 6.39. The molecule has 0 fully saturated rings. The predicted octanol–water partition coefficient (Wildman–Crippen LogP) is 2.60. The first kappa shape index (κ1) is 14.0. The van der Waals surface area contributed by atoms with Gasteiger partial charge in [0.25, 0.3) is 0 Å². The first-order chi connectivity index (χ1) is 9.10. The van der Waals surface area contributed by atoms with E-state index in [0.717, 1.165) is 0 Å². The van der Waals surface area contributed by atoms with E-state index in [0.29, 0.717) is 28.7 Å². The number of rotatable bonds is 5. The summed E-state index contributed by atoms with van der Waals surface area (Å²) in [6.45, 7) is 2.01. The smallest absolute Gasteiger partial charge is 0.228 e. The summed E-state index contributed by atoms with van der Waals surface area (Å²) in [4.78, 5) is 4.23. The van der Waals surface area contributed by atoms with Crippen LogP contribution in [0.2, 0.25) is 5.02 Å². The molecule has 0 aliphatic heterocycles. The molecule has 102 valence electrons. The number of likely N-dealkylation sites (N-methyl/N-ethyl adjacent to an activating group) is 1. The molecule has 0 bridgehead atoms. The molecule has 1 unspecified atom stereocenters. The minimum Gasteiger partial charge on any atom is -0.339 e. The van der Waals surface area contributed by atoms with Crippen molar-refractivity contribution >= 4 is 11.6 Å². The standard InChI is InChI=1S/C13H15ClFN3O/c1-8(16-2)6-13-17-12(18-19-13)7-9-10(14)4-3-5-11(9)15/h3-5,8,16H,6-7H2,1-2H3. The largest absolute Gasteiger partial charge is 0.339 e. The molecule has 1 atom stereocenters. The van der Waals surface area contributed by atoms with Gasteiger partial charge < -0.3 is 9.84 Å². The predicted molar refractivity (Wildman–Crippen MR) is 70.7 cm³/mol. The molecular formula is C13H15ClFN3O. The van der Waals surface area contributed by atoms with Crippen molar-refractivity contribution in [2.24, 2.45) is 0 Å². The van der Waals surface area contributed by atoms with E-state index in [1.807, 2.05) is 14.0 Å². The molecule has 0 aliphatic carbocycles. The Balaban J connectivity index is 2.12. The van der Waals surface area contributed by atoms with Gasteiger partial charge in [-0.05, 0) is 26.1 Å². The molecule has 6 heteroatoms. The fourth-order valence-electron chi connectivity index (χ4n) is 1.67. The molecule has 0 saturated heterocycles. The van der Waals surface area contributed by atoms with Gasteiger partial charge in [0, 0.05) is 29.5 Å². The molecule has 0 radical (unpaired) electrons. The van der Waals surface area contributed by atoms with E-state index in [-0.39, 0.29) is 18.3 Å². The van der Waals surface area contributed by atoms with E-state index in [2.05, 4.69) is 15.5 Å². The summed E-state index contributed by atoms with van der Waals surface area (Å²) in [6, 6.07) is 4.82. The van der Waals surface area contributed by atoms with Crippen LogP contribution in [0, 0.1) is 5.82 Å². The second-order valence-corrected chi connectivity index (χ2v) is 4.78. The Morgan fingerprint density at radius 3 is 2.95 bits per heavy atom. The quantitative estimate of drug-likeness (QED) is 0.916. The maximum Gasteiger partial charge on any atom is 0.228 e. The van der Waals surface area contributed by atoms with Crippen LogP contribution in [-0.2, 0) is 12.8 Å². The van der Waals surface area contributed by atoms with E-state index >= 15 is 0 Å². The van der Waals surface area contributed by atoms with Gasteiger partial charge in [-0.3, -0.25) is 0 Å². The Labute approximate surface area is 116 Å². The lowest BCUT2D eigenvalue weighted by Gasteiger charge is -2.04. The number of aromatic nitrogens is 2. The maximum atomic E-state index is 13.6. The zero-order valence-electron chi connectivity index (χ0n) is 10.8. The number of nitrogens with zero attached hydrogens (tertiary/aromatic N) is 2. The fourth-order valence-corrected chi connectivity index (χ4v) is 1.90. The number of halogens is 2. The molecule has 0 amide bonds. The van der Waals surface area contributed by atoms with E-state index < -0.39 is 0 Å². The fraction of sp³-hybridized carbons (Fsp3) is 0.385. The molecule has 1 aromatic heterocycles. The lowest BCUT2D eigenvalue weighted by molar-refractivity contribution is 0.361. The molecular weight excluding hydrogens is 269 g/mol. The average molecular weight is 284 g/mol. The van der Waals surface area contributed by atoms with Gasteiger partial charge in [0.1, 0.15) is 5.82 Å². The van der Waals surface area contributed by atoms with Crippen LogP contribution in [0.3, 0.4) is 0 Å². The van der Waals surface area contributed by atoms with Crippen LogP contribution in [0.5, 0.6) is 0 Å². The zero-order valence-corrected chi connectivity index (χ0v) is 11.5. The number of benzene rings is 1. The number of hydrogen-bond acceptors (Lipinski definition) is 4. The van der Waals surface area contributed by atoms with Crippen LogP contribution in [-0.4, -0.2) is 23.2 Å². The minimum atomic E-state index is -0.359. The molecule has 0 spiro atoms. The number of nitrogens with one attached hydrogen (secondary N) is 1. The second kappa shape index (κ2) is 6.12. The molecule has 4 nitrogen and oxygen atoms in total. The summed E-state index contributed by atoms with van der Waals surface area (Å²) < 4.78 is 18.7. The van der Waals surface area contributed by atoms with Gasteiger partial charge >= 0.3 is 0 Å². The molecule has 1 N–H and O–H groups in total. The van der Waals surface area contributed by atoms with E-state index in [4.69, 9.17) is 16.1 Å². The van der Waals surface area contributed by atoms with E-state index in [1.54, 1.807) is 12.1 Å². The zero-order chi connectivity index (χ0) is 13.8. The summed E-state index contributed by atoms with van der Waals surface area (Å²) in [7, 11) is 1.86. The van der Waals surface area contributed by atoms with Crippen LogP contribution < -0.4 is 5.32 Å². The highest BCUT2D eigenvalue weighted by atomic mass is 35.5. The first-order valence-electron chi connectivity index (χ1n) is 6.01. The van der Waals surface area contributed by atoms with Crippen molar-refractivity contribution in [3.05, 3.63) is 46.3 Å². The Kier molecular flexibility index (Phi) is 4.50. The lowest BCUT2D eigenvalue weighted by atomic mass is 10.1. The van der Waals surface area contributed by atoms with Crippen molar-refractivity contribution in [2.75, 3.05) is 7.05 Å². The number of hydrogen-bond donors (Lipinski definition) is 1. The van der Waals surface area contributed by atoms with Gasteiger partial charge in [-0.25, -0.2) is 4.39 Å². The molecule has 19 heavy (non-hydrogen) atoms. The van der Waals surface area contributed by atoms with Crippen molar-refractivity contribution in [2.45, 2.75) is 25.8 Å². The van der Waals surface area contributed by atoms with Crippen LogP contribution in [0.4, 0.5) is 4.39 Å². The molecule has 2 aromatic rings. The average Bonchev–Trinajstić information content (AvgIpc) is 2.81. The maximum absolute atomic E-state index is 13.6. The topological polar surface area (TPSA) is 51.0 Å². The Hall–Kier alpha value is -1.46. The van der Waals surface area contributed by atoms with Crippen molar-refractivity contribution in [3.63, 3.8) is 0 Å². The summed E-state index contributed by atoms with van der Waals surface area (Å²) in [5.74, 6) is 0.608. The van der Waals surface area contributed by atoms with Crippen molar-refractivity contribution in [1.29, 1.82) is 0 Å². The van der Waals surface area contributed by atoms with E-state index in [9.17, 15) is 4.39 Å². The normalized spacial score (nSPS) is 12.6. The second-order valence-electron chi connectivity index (χ2n) is 4.38. The SMILES string of the molecule is CNC(C)Cc1nc(Cc2c(F)cccc2Cl)no1. The monoisotopic (exact) mass is 283 g/mol. The van der Waals surface area contributed by atoms with Crippen LogP contribution in [0.1, 0.15) is 24.2 Å². The van der Waals surface area contributed by atoms with Crippen LogP contribution >= 0.6 is 11.6 Å². The van der Waals surface area contributed by atoms with Crippen molar-refractivity contribution in [1.82, 2.24) is 15.5 Å². The van der Waals surface area contributed by atoms with Gasteiger partial charge in [-0.2, -0.15) is 4.98 Å². The van der Waals surface area contributed by atoms with Gasteiger partial charge in [-0.1, -0.05) is 22.8 Å². The summed E-state index contributed by atoms with van der Waals surface area (Å²) in [6.07, 6.45) is 0.859. The molecule has 1 heterocycles. The molecule has 1 aromatic carbocycles. The summed E-state index contributed by atoms with van der Waals surface area (Å²) in [5.41, 5.74) is 0.387.